The number of rotatable bonds is 4. The summed E-state index contributed by atoms with van der Waals surface area (Å²) >= 11 is 0. The van der Waals surface area contributed by atoms with Crippen molar-refractivity contribution in [3.8, 4) is 44.9 Å². The van der Waals surface area contributed by atoms with Crippen LogP contribution in [-0.2, 0) is 0 Å². The summed E-state index contributed by atoms with van der Waals surface area (Å²) in [6.07, 6.45) is 0. The van der Waals surface area contributed by atoms with Crippen molar-refractivity contribution in [1.29, 1.82) is 0 Å². The van der Waals surface area contributed by atoms with Crippen molar-refractivity contribution in [2.24, 2.45) is 0 Å². The Labute approximate surface area is 334 Å². The van der Waals surface area contributed by atoms with E-state index in [-0.39, 0.29) is 0 Å². The molecule has 0 radical (unpaired) electrons. The second-order valence-corrected chi connectivity index (χ2v) is 14.5. The Morgan fingerprint density at radius 1 is 0.310 bits per heavy atom. The van der Waals surface area contributed by atoms with Gasteiger partial charge in [0.15, 0.2) is 11.4 Å². The summed E-state index contributed by atoms with van der Waals surface area (Å²) in [6.45, 7) is 4.00. The molecule has 3 heterocycles. The van der Waals surface area contributed by atoms with Gasteiger partial charge >= 0.3 is 0 Å². The second kappa shape index (κ2) is 13.6. The van der Waals surface area contributed by atoms with E-state index in [1.807, 2.05) is 68.4 Å². The summed E-state index contributed by atoms with van der Waals surface area (Å²) in [5.41, 5.74) is 11.1. The highest BCUT2D eigenvalue weighted by Gasteiger charge is 2.19. The summed E-state index contributed by atoms with van der Waals surface area (Å²) in [6, 6.07) is 64.0. The van der Waals surface area contributed by atoms with Crippen molar-refractivity contribution in [1.82, 2.24) is 9.97 Å². The number of nitrogens with zero attached hydrogens (tertiary/aromatic N) is 2. The van der Waals surface area contributed by atoms with Crippen molar-refractivity contribution >= 4 is 76.3 Å². The fraction of sp³-hybridized carbons (Fsp3) is 0.0370. The third-order valence-corrected chi connectivity index (χ3v) is 11.3. The monoisotopic (exact) mass is 744 g/mol. The first-order valence-corrected chi connectivity index (χ1v) is 19.9. The van der Waals surface area contributed by atoms with E-state index in [4.69, 9.17) is 18.8 Å². The van der Waals surface area contributed by atoms with Crippen molar-refractivity contribution in [2.45, 2.75) is 13.8 Å². The van der Waals surface area contributed by atoms with E-state index < -0.39 is 0 Å². The molecule has 9 aromatic carbocycles. The van der Waals surface area contributed by atoms with Crippen LogP contribution in [0, 0.1) is 0 Å². The average Bonchev–Trinajstić information content (AvgIpc) is 3.87. The van der Waals surface area contributed by atoms with Gasteiger partial charge in [-0.25, -0.2) is 9.97 Å². The molecular formula is C54H36N2O2. The van der Waals surface area contributed by atoms with Crippen LogP contribution < -0.4 is 0 Å². The fourth-order valence-corrected chi connectivity index (χ4v) is 8.55. The molecule has 0 fully saturated rings. The molecule has 0 aliphatic heterocycles. The number of fused-ring (bicyclic) bond motifs is 12. The van der Waals surface area contributed by atoms with Gasteiger partial charge in [0.05, 0.1) is 0 Å². The Hall–Kier alpha value is -7.56. The molecule has 58 heavy (non-hydrogen) atoms. The minimum atomic E-state index is 0.665. The highest BCUT2D eigenvalue weighted by molar-refractivity contribution is 6.26. The first-order chi connectivity index (χ1) is 28.7. The summed E-state index contributed by atoms with van der Waals surface area (Å²) in [5.74, 6) is 0.665. The quantitative estimate of drug-likeness (QED) is 0.168. The number of furan rings is 2. The molecule has 0 saturated carbocycles. The molecule has 274 valence electrons. The number of benzene rings is 9. The molecule has 0 N–H and O–H groups in total. The topological polar surface area (TPSA) is 52.1 Å². The maximum atomic E-state index is 6.51. The smallest absolute Gasteiger partial charge is 0.180 e. The molecule has 0 aliphatic carbocycles. The van der Waals surface area contributed by atoms with Crippen molar-refractivity contribution < 1.29 is 8.83 Å². The second-order valence-electron chi connectivity index (χ2n) is 14.5. The van der Waals surface area contributed by atoms with Crippen LogP contribution in [0.2, 0.25) is 0 Å². The molecular weight excluding hydrogens is 709 g/mol. The number of aromatic nitrogens is 2. The molecule has 12 aromatic rings. The predicted molar refractivity (Wildman–Crippen MR) is 242 cm³/mol. The zero-order chi connectivity index (χ0) is 38.7. The summed E-state index contributed by atoms with van der Waals surface area (Å²) in [5, 5.41) is 10.8. The lowest BCUT2D eigenvalue weighted by Gasteiger charge is -2.12. The largest absolute Gasteiger partial charge is 0.456 e. The van der Waals surface area contributed by atoms with Gasteiger partial charge in [-0.1, -0.05) is 153 Å². The van der Waals surface area contributed by atoms with E-state index in [2.05, 4.69) is 127 Å². The van der Waals surface area contributed by atoms with Gasteiger partial charge < -0.3 is 8.83 Å². The van der Waals surface area contributed by atoms with Gasteiger partial charge in [-0.05, 0) is 97.0 Å². The lowest BCUT2D eigenvalue weighted by atomic mass is 9.92. The Bertz CT molecular complexity index is 3490. The minimum Gasteiger partial charge on any atom is -0.456 e. The standard InChI is InChI=1S/C52H30N2O2.C2H6/c1-3-11-31(12-4-1)49-51-50(54-52(53-49)32-13-5-2-6-14-32)45-29-35(22-26-47(45)56-51)36-20-24-42-44-28-34(21-25-46(44)55-48(42)30-36)33-19-23-41-39-17-8-7-15-37(39)38-16-9-10-18-40(38)43(41)27-33;1-2/h1-30H;1-2H3. The van der Waals surface area contributed by atoms with Crippen LogP contribution in [0.4, 0.5) is 0 Å². The molecule has 0 amide bonds. The van der Waals surface area contributed by atoms with Crippen LogP contribution in [0.15, 0.2) is 191 Å². The summed E-state index contributed by atoms with van der Waals surface area (Å²) in [7, 11) is 0. The Kier molecular flexibility index (Phi) is 7.90. The normalized spacial score (nSPS) is 11.6. The van der Waals surface area contributed by atoms with Crippen molar-refractivity contribution in [2.75, 3.05) is 0 Å². The van der Waals surface area contributed by atoms with Crippen molar-refractivity contribution in [3.63, 3.8) is 0 Å². The molecule has 0 unspecified atom stereocenters. The summed E-state index contributed by atoms with van der Waals surface area (Å²) < 4.78 is 13.0. The van der Waals surface area contributed by atoms with Crippen molar-refractivity contribution in [3.05, 3.63) is 182 Å². The van der Waals surface area contributed by atoms with Gasteiger partial charge in [-0.15, -0.1) is 0 Å². The summed E-state index contributed by atoms with van der Waals surface area (Å²) in [4.78, 5) is 10.1. The highest BCUT2D eigenvalue weighted by Crippen LogP contribution is 2.41. The van der Waals surface area contributed by atoms with E-state index in [1.165, 1.54) is 37.9 Å². The predicted octanol–water partition coefficient (Wildman–Crippen LogP) is 15.4. The number of hydrogen-bond acceptors (Lipinski definition) is 4. The molecule has 3 aromatic heterocycles. The van der Waals surface area contributed by atoms with E-state index >= 15 is 0 Å². The molecule has 0 atom stereocenters. The molecule has 12 rings (SSSR count). The van der Waals surface area contributed by atoms with E-state index in [1.54, 1.807) is 0 Å². The zero-order valence-corrected chi connectivity index (χ0v) is 32.0. The van der Waals surface area contributed by atoms with Crippen LogP contribution in [0.3, 0.4) is 0 Å². The van der Waals surface area contributed by atoms with E-state index in [0.29, 0.717) is 11.4 Å². The maximum absolute atomic E-state index is 6.51. The Morgan fingerprint density at radius 2 is 0.776 bits per heavy atom. The third kappa shape index (κ3) is 5.37. The van der Waals surface area contributed by atoms with Crippen LogP contribution in [0.1, 0.15) is 13.8 Å². The maximum Gasteiger partial charge on any atom is 0.180 e. The van der Waals surface area contributed by atoms with Crippen LogP contribution in [0.5, 0.6) is 0 Å². The lowest BCUT2D eigenvalue weighted by molar-refractivity contribution is 0.667. The van der Waals surface area contributed by atoms with Crippen LogP contribution >= 0.6 is 0 Å². The third-order valence-electron chi connectivity index (χ3n) is 11.3. The molecule has 4 nitrogen and oxygen atoms in total. The highest BCUT2D eigenvalue weighted by atomic mass is 16.3. The molecule has 0 aliphatic rings. The van der Waals surface area contributed by atoms with E-state index in [9.17, 15) is 0 Å². The molecule has 0 saturated heterocycles. The number of hydrogen-bond donors (Lipinski definition) is 0. The lowest BCUT2D eigenvalue weighted by Crippen LogP contribution is -1.93. The van der Waals surface area contributed by atoms with Gasteiger partial charge in [0.2, 0.25) is 0 Å². The SMILES string of the molecule is CC.c1ccc(-c2nc(-c3ccccc3)c3oc4ccc(-c5ccc6c(c5)oc5ccc(-c7ccc8c9ccccc9c9ccccc9c8c7)cc56)cc4c3n2)cc1. The molecule has 0 bridgehead atoms. The van der Waals surface area contributed by atoms with Gasteiger partial charge in [-0.3, -0.25) is 0 Å². The van der Waals surface area contributed by atoms with E-state index in [0.717, 1.165) is 71.9 Å². The van der Waals surface area contributed by atoms with Gasteiger partial charge in [0.25, 0.3) is 0 Å². The van der Waals surface area contributed by atoms with Gasteiger partial charge in [0.1, 0.15) is 28.0 Å². The van der Waals surface area contributed by atoms with Crippen LogP contribution in [0.25, 0.3) is 121 Å². The average molecular weight is 745 g/mol. The zero-order valence-electron chi connectivity index (χ0n) is 32.0. The van der Waals surface area contributed by atoms with Crippen LogP contribution in [-0.4, -0.2) is 9.97 Å². The minimum absolute atomic E-state index is 0.665. The molecule has 4 heteroatoms. The first-order valence-electron chi connectivity index (χ1n) is 19.9. The van der Waals surface area contributed by atoms with Gasteiger partial charge in [0, 0.05) is 27.3 Å². The first kappa shape index (κ1) is 33.8. The Morgan fingerprint density at radius 3 is 1.41 bits per heavy atom. The Balaban J connectivity index is 0.00000190. The van der Waals surface area contributed by atoms with Gasteiger partial charge in [-0.2, -0.15) is 0 Å². The fourth-order valence-electron chi connectivity index (χ4n) is 8.55. The molecule has 0 spiro atoms.